The molecule has 0 spiro atoms. The maximum atomic E-state index is 10.1. The second kappa shape index (κ2) is 5.03. The van der Waals surface area contributed by atoms with Crippen molar-refractivity contribution in [2.24, 2.45) is 11.8 Å². The third-order valence-corrected chi connectivity index (χ3v) is 4.44. The zero-order valence-corrected chi connectivity index (χ0v) is 10.7. The molecule has 0 radical (unpaired) electrons. The number of nitrogens with zero attached hydrogens (tertiary/aromatic N) is 1. The molecule has 2 rings (SSSR count). The van der Waals surface area contributed by atoms with Gasteiger partial charge in [0.2, 0.25) is 0 Å². The number of β-amino-alcohol motifs (C(OH)–C–C–N with tert-alkyl or cyclic N) is 1. The van der Waals surface area contributed by atoms with E-state index in [4.69, 9.17) is 4.74 Å². The number of ether oxygens (including phenoxy) is 1. The van der Waals surface area contributed by atoms with Crippen molar-refractivity contribution in [1.29, 1.82) is 0 Å². The fourth-order valence-electron chi connectivity index (χ4n) is 3.11. The first-order chi connectivity index (χ1) is 7.61. The van der Waals surface area contributed by atoms with Gasteiger partial charge in [-0.25, -0.2) is 0 Å². The van der Waals surface area contributed by atoms with Crippen LogP contribution in [0.2, 0.25) is 0 Å². The van der Waals surface area contributed by atoms with E-state index < -0.39 is 0 Å². The van der Waals surface area contributed by atoms with Gasteiger partial charge in [-0.3, -0.25) is 4.90 Å². The second-order valence-electron chi connectivity index (χ2n) is 5.74. The maximum absolute atomic E-state index is 10.1. The summed E-state index contributed by atoms with van der Waals surface area (Å²) in [6.07, 6.45) is 3.78. The van der Waals surface area contributed by atoms with E-state index in [0.29, 0.717) is 24.0 Å². The molecular formula is C13H25NO2. The molecule has 0 aromatic heterocycles. The van der Waals surface area contributed by atoms with Crippen LogP contribution in [0.3, 0.4) is 0 Å². The van der Waals surface area contributed by atoms with Crippen LogP contribution in [0.5, 0.6) is 0 Å². The van der Waals surface area contributed by atoms with Gasteiger partial charge in [0.1, 0.15) is 0 Å². The number of methoxy groups -OCH3 is 1. The zero-order valence-electron chi connectivity index (χ0n) is 10.7. The highest BCUT2D eigenvalue weighted by atomic mass is 16.5. The minimum Gasteiger partial charge on any atom is -0.391 e. The van der Waals surface area contributed by atoms with Gasteiger partial charge in [0.25, 0.3) is 0 Å². The van der Waals surface area contributed by atoms with Crippen molar-refractivity contribution in [3.05, 3.63) is 0 Å². The number of hydrogen-bond acceptors (Lipinski definition) is 3. The fraction of sp³-hybridized carbons (Fsp3) is 1.00. The van der Waals surface area contributed by atoms with Crippen molar-refractivity contribution in [3.8, 4) is 0 Å². The Kier molecular flexibility index (Phi) is 3.88. The molecule has 0 aromatic carbocycles. The second-order valence-corrected chi connectivity index (χ2v) is 5.74. The summed E-state index contributed by atoms with van der Waals surface area (Å²) in [5.41, 5.74) is 0. The van der Waals surface area contributed by atoms with Gasteiger partial charge in [-0.1, -0.05) is 13.8 Å². The van der Waals surface area contributed by atoms with Crippen LogP contribution in [0.1, 0.15) is 33.1 Å². The van der Waals surface area contributed by atoms with Crippen LogP contribution in [0.15, 0.2) is 0 Å². The Morgan fingerprint density at radius 3 is 2.50 bits per heavy atom. The standard InChI is InChI=1S/C13H25NO2/c1-9(2)12-4-5-14(8-13(12)15)10-6-11(7-10)16-3/h9-13,15H,4-8H2,1-3H3/t10?,11?,12-,13+/m1/s1. The Morgan fingerprint density at radius 2 is 2.00 bits per heavy atom. The van der Waals surface area contributed by atoms with Crippen molar-refractivity contribution in [1.82, 2.24) is 4.90 Å². The molecule has 0 unspecified atom stereocenters. The highest BCUT2D eigenvalue weighted by Gasteiger charge is 2.38. The number of aliphatic hydroxyl groups excluding tert-OH is 1. The highest BCUT2D eigenvalue weighted by Crippen LogP contribution is 2.33. The Labute approximate surface area is 98.8 Å². The predicted octanol–water partition coefficient (Wildman–Crippen LogP) is 1.50. The largest absolute Gasteiger partial charge is 0.391 e. The van der Waals surface area contributed by atoms with Crippen molar-refractivity contribution >= 4 is 0 Å². The van der Waals surface area contributed by atoms with E-state index in [1.54, 1.807) is 7.11 Å². The lowest BCUT2D eigenvalue weighted by molar-refractivity contribution is -0.0699. The minimum atomic E-state index is -0.129. The van der Waals surface area contributed by atoms with Gasteiger partial charge in [-0.05, 0) is 37.6 Å². The van der Waals surface area contributed by atoms with E-state index in [1.807, 2.05) is 0 Å². The number of piperidine rings is 1. The van der Waals surface area contributed by atoms with Crippen LogP contribution in [0.4, 0.5) is 0 Å². The number of hydrogen-bond donors (Lipinski definition) is 1. The molecule has 1 aliphatic heterocycles. The summed E-state index contributed by atoms with van der Waals surface area (Å²) in [7, 11) is 1.79. The third kappa shape index (κ3) is 2.41. The van der Waals surface area contributed by atoms with Crippen molar-refractivity contribution < 1.29 is 9.84 Å². The Morgan fingerprint density at radius 1 is 1.31 bits per heavy atom. The first-order valence-corrected chi connectivity index (χ1v) is 6.56. The molecule has 0 bridgehead atoms. The Hall–Kier alpha value is -0.120. The topological polar surface area (TPSA) is 32.7 Å². The SMILES string of the molecule is COC1CC(N2CC[C@H](C(C)C)[C@@H](O)C2)C1. The van der Waals surface area contributed by atoms with E-state index >= 15 is 0 Å². The molecule has 0 amide bonds. The van der Waals surface area contributed by atoms with Crippen LogP contribution in [-0.2, 0) is 4.74 Å². The van der Waals surface area contributed by atoms with Gasteiger partial charge in [0, 0.05) is 19.7 Å². The molecule has 1 saturated carbocycles. The van der Waals surface area contributed by atoms with Crippen LogP contribution < -0.4 is 0 Å². The van der Waals surface area contributed by atoms with E-state index in [-0.39, 0.29) is 6.10 Å². The van der Waals surface area contributed by atoms with Gasteiger partial charge >= 0.3 is 0 Å². The third-order valence-electron chi connectivity index (χ3n) is 4.44. The molecule has 2 fully saturated rings. The lowest BCUT2D eigenvalue weighted by Crippen LogP contribution is -2.55. The van der Waals surface area contributed by atoms with Crippen LogP contribution in [0, 0.1) is 11.8 Å². The molecule has 3 nitrogen and oxygen atoms in total. The lowest BCUT2D eigenvalue weighted by Gasteiger charge is -2.47. The van der Waals surface area contributed by atoms with Crippen LogP contribution in [0.25, 0.3) is 0 Å². The summed E-state index contributed by atoms with van der Waals surface area (Å²) in [6.45, 7) is 6.45. The summed E-state index contributed by atoms with van der Waals surface area (Å²) >= 11 is 0. The first-order valence-electron chi connectivity index (χ1n) is 6.56. The molecule has 1 N–H and O–H groups in total. The normalized spacial score (nSPS) is 41.1. The molecule has 94 valence electrons. The molecule has 3 heteroatoms. The molecule has 1 aliphatic carbocycles. The van der Waals surface area contributed by atoms with Crippen molar-refractivity contribution in [2.75, 3.05) is 20.2 Å². The molecule has 1 saturated heterocycles. The fourth-order valence-corrected chi connectivity index (χ4v) is 3.11. The summed E-state index contributed by atoms with van der Waals surface area (Å²) in [4.78, 5) is 2.46. The van der Waals surface area contributed by atoms with Gasteiger partial charge < -0.3 is 9.84 Å². The summed E-state index contributed by atoms with van der Waals surface area (Å²) in [5, 5.41) is 10.1. The molecule has 0 aromatic rings. The average Bonchev–Trinajstić information content (AvgIpc) is 2.15. The van der Waals surface area contributed by atoms with Crippen LogP contribution in [-0.4, -0.2) is 48.5 Å². The van der Waals surface area contributed by atoms with Gasteiger partial charge in [0.15, 0.2) is 0 Å². The van der Waals surface area contributed by atoms with E-state index in [1.165, 1.54) is 0 Å². The summed E-state index contributed by atoms with van der Waals surface area (Å²) in [5.74, 6) is 1.10. The number of likely N-dealkylation sites (tertiary alicyclic amines) is 1. The quantitative estimate of drug-likeness (QED) is 0.793. The van der Waals surface area contributed by atoms with Crippen LogP contribution >= 0.6 is 0 Å². The average molecular weight is 227 g/mol. The van der Waals surface area contributed by atoms with Gasteiger partial charge in [-0.2, -0.15) is 0 Å². The Balaban J connectivity index is 1.79. The monoisotopic (exact) mass is 227 g/mol. The van der Waals surface area contributed by atoms with E-state index in [9.17, 15) is 5.11 Å². The van der Waals surface area contributed by atoms with Crippen molar-refractivity contribution in [3.63, 3.8) is 0 Å². The maximum Gasteiger partial charge on any atom is 0.0698 e. The smallest absolute Gasteiger partial charge is 0.0698 e. The highest BCUT2D eigenvalue weighted by molar-refractivity contribution is 4.92. The Bertz CT molecular complexity index is 226. The molecule has 2 aliphatic rings. The first kappa shape index (κ1) is 12.3. The molecular weight excluding hydrogens is 202 g/mol. The summed E-state index contributed by atoms with van der Waals surface area (Å²) < 4.78 is 5.30. The minimum absolute atomic E-state index is 0.129. The van der Waals surface area contributed by atoms with Gasteiger partial charge in [0.05, 0.1) is 12.2 Å². The van der Waals surface area contributed by atoms with Gasteiger partial charge in [-0.15, -0.1) is 0 Å². The number of aliphatic hydroxyl groups is 1. The predicted molar refractivity (Wildman–Crippen MR) is 64.3 cm³/mol. The van der Waals surface area contributed by atoms with E-state index in [0.717, 1.165) is 32.4 Å². The van der Waals surface area contributed by atoms with E-state index in [2.05, 4.69) is 18.7 Å². The number of rotatable bonds is 3. The lowest BCUT2D eigenvalue weighted by atomic mass is 9.81. The zero-order chi connectivity index (χ0) is 11.7. The molecule has 1 heterocycles. The molecule has 16 heavy (non-hydrogen) atoms. The summed E-state index contributed by atoms with van der Waals surface area (Å²) in [6, 6.07) is 0.660. The van der Waals surface area contributed by atoms with Crippen molar-refractivity contribution in [2.45, 2.75) is 51.4 Å². The molecule has 2 atom stereocenters.